The molecule has 0 saturated heterocycles. The highest BCUT2D eigenvalue weighted by Gasteiger charge is 2.19. The molecule has 3 N–H and O–H groups in total. The second-order valence-corrected chi connectivity index (χ2v) is 5.45. The molecular formula is C17H19N3O2. The summed E-state index contributed by atoms with van der Waals surface area (Å²) in [7, 11) is 0. The molecule has 1 aliphatic heterocycles. The van der Waals surface area contributed by atoms with E-state index in [4.69, 9.17) is 5.73 Å². The Morgan fingerprint density at radius 3 is 2.73 bits per heavy atom. The van der Waals surface area contributed by atoms with Gasteiger partial charge in [-0.1, -0.05) is 30.3 Å². The minimum atomic E-state index is -0.844. The second-order valence-electron chi connectivity index (χ2n) is 5.45. The van der Waals surface area contributed by atoms with Crippen LogP contribution in [0, 0.1) is 0 Å². The molecule has 2 aromatic rings. The third kappa shape index (κ3) is 2.89. The van der Waals surface area contributed by atoms with Crippen LogP contribution in [0.25, 0.3) is 0 Å². The van der Waals surface area contributed by atoms with E-state index in [-0.39, 0.29) is 6.54 Å². The number of fused-ring (bicyclic) bond motifs is 1. The maximum absolute atomic E-state index is 10.9. The van der Waals surface area contributed by atoms with E-state index in [0.29, 0.717) is 5.06 Å². The summed E-state index contributed by atoms with van der Waals surface area (Å²) in [5, 5.41) is 9.99. The van der Waals surface area contributed by atoms with E-state index in [0.717, 1.165) is 24.9 Å². The summed E-state index contributed by atoms with van der Waals surface area (Å²) in [5.74, 6) is 0. The summed E-state index contributed by atoms with van der Waals surface area (Å²) in [6, 6.07) is 15.5. The third-order valence-electron chi connectivity index (χ3n) is 3.92. The van der Waals surface area contributed by atoms with Gasteiger partial charge in [-0.25, -0.2) is 9.86 Å². The van der Waals surface area contributed by atoms with Crippen molar-refractivity contribution in [1.29, 1.82) is 0 Å². The molecule has 3 rings (SSSR count). The number of carbonyl (C=O) groups is 1. The van der Waals surface area contributed by atoms with Crippen LogP contribution >= 0.6 is 0 Å². The van der Waals surface area contributed by atoms with Crippen LogP contribution in [-0.4, -0.2) is 22.8 Å². The lowest BCUT2D eigenvalue weighted by atomic mass is 9.98. The van der Waals surface area contributed by atoms with Gasteiger partial charge < -0.3 is 10.6 Å². The number of benzene rings is 2. The standard InChI is InChI=1S/C17H19N3O2/c18-17(21)20(22)12-13-8-9-16-14(11-13)5-4-10-19(16)15-6-2-1-3-7-15/h1-3,6-9,11,22H,4-5,10,12H2,(H2,18,21). The number of anilines is 2. The molecule has 0 aliphatic carbocycles. The number of urea groups is 1. The van der Waals surface area contributed by atoms with Crippen LogP contribution in [0.5, 0.6) is 0 Å². The van der Waals surface area contributed by atoms with Gasteiger partial charge in [0.25, 0.3) is 0 Å². The van der Waals surface area contributed by atoms with E-state index in [1.54, 1.807) is 0 Å². The fourth-order valence-electron chi connectivity index (χ4n) is 2.88. The Balaban J connectivity index is 1.88. The first-order chi connectivity index (χ1) is 10.6. The average Bonchev–Trinajstić information content (AvgIpc) is 2.54. The molecule has 1 aliphatic rings. The molecule has 1 heterocycles. The SMILES string of the molecule is NC(=O)N(O)Cc1ccc2c(c1)CCCN2c1ccccc1. The van der Waals surface area contributed by atoms with Gasteiger partial charge in [-0.15, -0.1) is 0 Å². The van der Waals surface area contributed by atoms with Crippen LogP contribution in [0.15, 0.2) is 48.5 Å². The number of nitrogens with two attached hydrogens (primary N) is 1. The number of hydrogen-bond acceptors (Lipinski definition) is 3. The van der Waals surface area contributed by atoms with Crippen LogP contribution in [-0.2, 0) is 13.0 Å². The van der Waals surface area contributed by atoms with Crippen molar-refractivity contribution < 1.29 is 10.0 Å². The smallest absolute Gasteiger partial charge is 0.338 e. The molecule has 5 heteroatoms. The van der Waals surface area contributed by atoms with E-state index in [1.165, 1.54) is 16.9 Å². The quantitative estimate of drug-likeness (QED) is 0.676. The highest BCUT2D eigenvalue weighted by atomic mass is 16.5. The fraction of sp³-hybridized carbons (Fsp3) is 0.235. The summed E-state index contributed by atoms with van der Waals surface area (Å²) in [6.07, 6.45) is 2.07. The topological polar surface area (TPSA) is 69.8 Å². The molecule has 114 valence electrons. The summed E-state index contributed by atoms with van der Waals surface area (Å²) in [6.45, 7) is 1.09. The Labute approximate surface area is 129 Å². The first-order valence-electron chi connectivity index (χ1n) is 7.35. The van der Waals surface area contributed by atoms with Crippen LogP contribution in [0.4, 0.5) is 16.2 Å². The Kier molecular flexibility index (Phi) is 3.98. The number of primary amides is 1. The lowest BCUT2D eigenvalue weighted by Gasteiger charge is -2.32. The van der Waals surface area contributed by atoms with Crippen molar-refractivity contribution >= 4 is 17.4 Å². The molecule has 0 atom stereocenters. The molecule has 5 nitrogen and oxygen atoms in total. The number of aryl methyl sites for hydroxylation is 1. The number of rotatable bonds is 3. The lowest BCUT2D eigenvalue weighted by Crippen LogP contribution is -2.32. The van der Waals surface area contributed by atoms with Gasteiger partial charge in [-0.05, 0) is 42.2 Å². The third-order valence-corrected chi connectivity index (χ3v) is 3.92. The Bertz CT molecular complexity index is 673. The number of nitrogens with zero attached hydrogens (tertiary/aromatic N) is 2. The maximum Gasteiger partial charge on any atom is 0.338 e. The number of amides is 2. The van der Waals surface area contributed by atoms with Gasteiger partial charge >= 0.3 is 6.03 Å². The summed E-state index contributed by atoms with van der Waals surface area (Å²) >= 11 is 0. The zero-order valence-electron chi connectivity index (χ0n) is 12.3. The van der Waals surface area contributed by atoms with Crippen LogP contribution in [0.3, 0.4) is 0 Å². The molecular weight excluding hydrogens is 278 g/mol. The van der Waals surface area contributed by atoms with Crippen molar-refractivity contribution in [1.82, 2.24) is 5.06 Å². The number of carbonyl (C=O) groups excluding carboxylic acids is 1. The summed E-state index contributed by atoms with van der Waals surface area (Å²) in [4.78, 5) is 13.2. The highest BCUT2D eigenvalue weighted by Crippen LogP contribution is 2.33. The molecule has 0 unspecified atom stereocenters. The van der Waals surface area contributed by atoms with Crippen molar-refractivity contribution in [3.8, 4) is 0 Å². The van der Waals surface area contributed by atoms with Gasteiger partial charge in [0.15, 0.2) is 0 Å². The van der Waals surface area contributed by atoms with E-state index in [2.05, 4.69) is 17.0 Å². The van der Waals surface area contributed by atoms with E-state index in [1.807, 2.05) is 36.4 Å². The molecule has 0 fully saturated rings. The molecule has 0 radical (unpaired) electrons. The van der Waals surface area contributed by atoms with Crippen molar-refractivity contribution in [2.75, 3.05) is 11.4 Å². The first kappa shape index (κ1) is 14.4. The van der Waals surface area contributed by atoms with Gasteiger partial charge in [0.05, 0.1) is 6.54 Å². The van der Waals surface area contributed by atoms with Crippen molar-refractivity contribution in [2.24, 2.45) is 5.73 Å². The zero-order valence-corrected chi connectivity index (χ0v) is 12.3. The molecule has 2 amide bonds. The Morgan fingerprint density at radius 2 is 2.00 bits per heavy atom. The van der Waals surface area contributed by atoms with Gasteiger partial charge in [-0.3, -0.25) is 5.21 Å². The molecule has 0 saturated carbocycles. The highest BCUT2D eigenvalue weighted by molar-refractivity contribution is 5.71. The minimum Gasteiger partial charge on any atom is -0.350 e. The fourth-order valence-corrected chi connectivity index (χ4v) is 2.88. The summed E-state index contributed by atoms with van der Waals surface area (Å²) < 4.78 is 0. The molecule has 0 spiro atoms. The summed E-state index contributed by atoms with van der Waals surface area (Å²) in [5.41, 5.74) is 9.51. The van der Waals surface area contributed by atoms with Gasteiger partial charge in [0.1, 0.15) is 0 Å². The molecule has 0 bridgehead atoms. The first-order valence-corrected chi connectivity index (χ1v) is 7.35. The second kappa shape index (κ2) is 6.07. The molecule has 2 aromatic carbocycles. The van der Waals surface area contributed by atoms with Crippen LogP contribution in [0.2, 0.25) is 0 Å². The largest absolute Gasteiger partial charge is 0.350 e. The average molecular weight is 297 g/mol. The van der Waals surface area contributed by atoms with Crippen molar-refractivity contribution in [3.63, 3.8) is 0 Å². The van der Waals surface area contributed by atoms with Crippen molar-refractivity contribution in [3.05, 3.63) is 59.7 Å². The zero-order chi connectivity index (χ0) is 15.5. The van der Waals surface area contributed by atoms with Crippen LogP contribution in [0.1, 0.15) is 17.5 Å². The van der Waals surface area contributed by atoms with E-state index in [9.17, 15) is 10.0 Å². The Morgan fingerprint density at radius 1 is 1.23 bits per heavy atom. The van der Waals surface area contributed by atoms with Gasteiger partial charge in [0, 0.05) is 17.9 Å². The Hall–Kier alpha value is -2.53. The number of para-hydroxylation sites is 1. The molecule has 0 aromatic heterocycles. The number of hydroxylamine groups is 2. The predicted molar refractivity (Wildman–Crippen MR) is 85.1 cm³/mol. The van der Waals surface area contributed by atoms with E-state index < -0.39 is 6.03 Å². The lowest BCUT2D eigenvalue weighted by molar-refractivity contribution is -0.0470. The van der Waals surface area contributed by atoms with Crippen molar-refractivity contribution in [2.45, 2.75) is 19.4 Å². The van der Waals surface area contributed by atoms with Crippen LogP contribution < -0.4 is 10.6 Å². The van der Waals surface area contributed by atoms with Gasteiger partial charge in [-0.2, -0.15) is 0 Å². The molecule has 22 heavy (non-hydrogen) atoms. The monoisotopic (exact) mass is 297 g/mol. The normalized spacial score (nSPS) is 13.6. The maximum atomic E-state index is 10.9. The minimum absolute atomic E-state index is 0.105. The van der Waals surface area contributed by atoms with E-state index >= 15 is 0 Å². The van der Waals surface area contributed by atoms with Gasteiger partial charge in [0.2, 0.25) is 0 Å². The number of hydrogen-bond donors (Lipinski definition) is 2. The predicted octanol–water partition coefficient (Wildman–Crippen LogP) is 3.04.